The van der Waals surface area contributed by atoms with Crippen LogP contribution in [-0.2, 0) is 6.42 Å². The van der Waals surface area contributed by atoms with Crippen LogP contribution in [0.25, 0.3) is 10.2 Å². The molecule has 2 aromatic heterocycles. The first-order valence-corrected chi connectivity index (χ1v) is 7.38. The fraction of sp³-hybridized carbons (Fsp3) is 0.267. The smallest absolute Gasteiger partial charge is 0.0958 e. The molecular weight excluding hydrogens is 268 g/mol. The quantitative estimate of drug-likeness (QED) is 0.800. The van der Waals surface area contributed by atoms with Crippen LogP contribution in [0, 0.1) is 6.92 Å². The van der Waals surface area contributed by atoms with E-state index < -0.39 is 0 Å². The number of aromatic nitrogens is 3. The van der Waals surface area contributed by atoms with Gasteiger partial charge in [0.05, 0.1) is 38.9 Å². The number of hydrogen-bond donors (Lipinski definition) is 1. The van der Waals surface area contributed by atoms with Crippen LogP contribution in [0.3, 0.4) is 0 Å². The summed E-state index contributed by atoms with van der Waals surface area (Å²) in [4.78, 5) is 13.4. The molecule has 0 fully saturated rings. The largest absolute Gasteiger partial charge is 0.311 e. The van der Waals surface area contributed by atoms with Crippen LogP contribution in [0.5, 0.6) is 0 Å². The summed E-state index contributed by atoms with van der Waals surface area (Å²) in [6.07, 6.45) is 4.47. The number of nitrogens with one attached hydrogen (secondary N) is 1. The summed E-state index contributed by atoms with van der Waals surface area (Å²) in [7, 11) is 1.94. The highest BCUT2D eigenvalue weighted by molar-refractivity contribution is 7.18. The van der Waals surface area contributed by atoms with Gasteiger partial charge >= 0.3 is 0 Å². The Hall–Kier alpha value is -1.85. The summed E-state index contributed by atoms with van der Waals surface area (Å²) in [5, 5.41) is 4.41. The van der Waals surface area contributed by atoms with Crippen molar-refractivity contribution in [3.05, 3.63) is 53.1 Å². The highest BCUT2D eigenvalue weighted by atomic mass is 32.1. The number of fused-ring (bicyclic) bond motifs is 1. The second-order valence-electron chi connectivity index (χ2n) is 4.70. The third-order valence-electron chi connectivity index (χ3n) is 3.22. The minimum atomic E-state index is 0.142. The van der Waals surface area contributed by atoms with Gasteiger partial charge in [0, 0.05) is 12.6 Å². The lowest BCUT2D eigenvalue weighted by atomic mass is 10.1. The van der Waals surface area contributed by atoms with Crippen molar-refractivity contribution in [1.82, 2.24) is 20.3 Å². The molecule has 0 amide bonds. The summed E-state index contributed by atoms with van der Waals surface area (Å²) in [6, 6.07) is 8.37. The molecule has 1 aromatic carbocycles. The van der Waals surface area contributed by atoms with E-state index >= 15 is 0 Å². The Bertz CT molecular complexity index is 672. The molecule has 3 aromatic rings. The molecule has 0 bridgehead atoms. The number of hydrogen-bond acceptors (Lipinski definition) is 5. The van der Waals surface area contributed by atoms with Crippen LogP contribution in [0.15, 0.2) is 36.7 Å². The van der Waals surface area contributed by atoms with Gasteiger partial charge in [0.1, 0.15) is 0 Å². The number of benzene rings is 1. The van der Waals surface area contributed by atoms with Gasteiger partial charge in [-0.2, -0.15) is 0 Å². The van der Waals surface area contributed by atoms with Crippen molar-refractivity contribution >= 4 is 21.6 Å². The van der Waals surface area contributed by atoms with Gasteiger partial charge in [-0.05, 0) is 26.1 Å². The second-order valence-corrected chi connectivity index (χ2v) is 5.82. The first-order valence-electron chi connectivity index (χ1n) is 6.56. The molecule has 0 aliphatic heterocycles. The van der Waals surface area contributed by atoms with Gasteiger partial charge in [0.2, 0.25) is 0 Å². The molecule has 3 rings (SSSR count). The maximum atomic E-state index is 4.67. The molecule has 20 heavy (non-hydrogen) atoms. The lowest BCUT2D eigenvalue weighted by Gasteiger charge is -2.13. The Morgan fingerprint density at radius 3 is 2.75 bits per heavy atom. The van der Waals surface area contributed by atoms with E-state index in [2.05, 4.69) is 32.4 Å². The maximum Gasteiger partial charge on any atom is 0.0958 e. The Morgan fingerprint density at radius 2 is 2.05 bits per heavy atom. The van der Waals surface area contributed by atoms with E-state index in [-0.39, 0.29) is 6.04 Å². The van der Waals surface area contributed by atoms with E-state index in [4.69, 9.17) is 0 Å². The second kappa shape index (κ2) is 5.64. The summed E-state index contributed by atoms with van der Waals surface area (Å²) >= 11 is 1.74. The van der Waals surface area contributed by atoms with E-state index in [0.29, 0.717) is 0 Å². The van der Waals surface area contributed by atoms with Crippen LogP contribution in [0.4, 0.5) is 0 Å². The number of likely N-dealkylation sites (N-methyl/N-ethyl adjacent to an activating group) is 1. The molecule has 1 unspecified atom stereocenters. The molecule has 102 valence electrons. The molecule has 5 heteroatoms. The van der Waals surface area contributed by atoms with Crippen LogP contribution >= 0.6 is 11.3 Å². The van der Waals surface area contributed by atoms with Crippen molar-refractivity contribution < 1.29 is 0 Å². The van der Waals surface area contributed by atoms with Crippen molar-refractivity contribution in [2.24, 2.45) is 0 Å². The van der Waals surface area contributed by atoms with E-state index in [9.17, 15) is 0 Å². The van der Waals surface area contributed by atoms with Crippen LogP contribution in [0.2, 0.25) is 0 Å². The molecule has 2 heterocycles. The van der Waals surface area contributed by atoms with Crippen molar-refractivity contribution in [1.29, 1.82) is 0 Å². The van der Waals surface area contributed by atoms with Gasteiger partial charge < -0.3 is 5.32 Å². The molecule has 0 aliphatic carbocycles. The Morgan fingerprint density at radius 1 is 1.20 bits per heavy atom. The summed E-state index contributed by atoms with van der Waals surface area (Å²) in [5.74, 6) is 0. The lowest BCUT2D eigenvalue weighted by molar-refractivity contribution is 0.571. The van der Waals surface area contributed by atoms with Gasteiger partial charge in [-0.25, -0.2) is 4.98 Å². The highest BCUT2D eigenvalue weighted by Gasteiger charge is 2.14. The van der Waals surface area contributed by atoms with Crippen LogP contribution in [0.1, 0.15) is 22.4 Å². The SMILES string of the molecule is CNC(Cc1nc2ccccc2s1)c1cnc(C)cn1. The van der Waals surface area contributed by atoms with E-state index in [1.807, 2.05) is 32.3 Å². The lowest BCUT2D eigenvalue weighted by Crippen LogP contribution is -2.20. The number of nitrogens with zero attached hydrogens (tertiary/aromatic N) is 3. The summed E-state index contributed by atoms with van der Waals surface area (Å²) in [6.45, 7) is 1.94. The van der Waals surface area contributed by atoms with Crippen molar-refractivity contribution in [2.45, 2.75) is 19.4 Å². The predicted molar refractivity (Wildman–Crippen MR) is 81.9 cm³/mol. The third-order valence-corrected chi connectivity index (χ3v) is 4.28. The number of aryl methyl sites for hydroxylation is 1. The highest BCUT2D eigenvalue weighted by Crippen LogP contribution is 2.25. The zero-order valence-electron chi connectivity index (χ0n) is 11.5. The predicted octanol–water partition coefficient (Wildman–Crippen LogP) is 2.90. The zero-order valence-corrected chi connectivity index (χ0v) is 12.3. The molecular formula is C15H16N4S. The molecule has 0 saturated carbocycles. The molecule has 0 spiro atoms. The minimum absolute atomic E-state index is 0.142. The van der Waals surface area contributed by atoms with E-state index in [1.165, 1.54) is 4.70 Å². The monoisotopic (exact) mass is 284 g/mol. The molecule has 1 atom stereocenters. The Balaban J connectivity index is 1.85. The topological polar surface area (TPSA) is 50.7 Å². The van der Waals surface area contributed by atoms with Gasteiger partial charge in [-0.1, -0.05) is 12.1 Å². The third kappa shape index (κ3) is 2.69. The van der Waals surface area contributed by atoms with Crippen molar-refractivity contribution in [3.8, 4) is 0 Å². The molecule has 0 saturated heterocycles. The molecule has 1 N–H and O–H groups in total. The molecule has 0 radical (unpaired) electrons. The summed E-state index contributed by atoms with van der Waals surface area (Å²) < 4.78 is 1.23. The fourth-order valence-electron chi connectivity index (χ4n) is 2.12. The fourth-order valence-corrected chi connectivity index (χ4v) is 3.13. The van der Waals surface area contributed by atoms with Crippen molar-refractivity contribution in [2.75, 3.05) is 7.05 Å². The first kappa shape index (κ1) is 13.1. The van der Waals surface area contributed by atoms with Crippen LogP contribution < -0.4 is 5.32 Å². The summed E-state index contributed by atoms with van der Waals surface area (Å²) in [5.41, 5.74) is 2.96. The standard InChI is InChI=1S/C15H16N4S/c1-10-8-18-13(9-17-10)12(16-2)7-15-19-11-5-3-4-6-14(11)20-15/h3-6,8-9,12,16H,7H2,1-2H3. The number of rotatable bonds is 4. The minimum Gasteiger partial charge on any atom is -0.311 e. The number of thiazole rings is 1. The Labute approximate surface area is 121 Å². The zero-order chi connectivity index (χ0) is 13.9. The van der Waals surface area contributed by atoms with Gasteiger partial charge in [-0.3, -0.25) is 9.97 Å². The van der Waals surface area contributed by atoms with Crippen molar-refractivity contribution in [3.63, 3.8) is 0 Å². The molecule has 4 nitrogen and oxygen atoms in total. The first-order chi connectivity index (χ1) is 9.76. The molecule has 0 aliphatic rings. The number of para-hydroxylation sites is 1. The normalized spacial score (nSPS) is 12.7. The average molecular weight is 284 g/mol. The van der Waals surface area contributed by atoms with Gasteiger partial charge in [-0.15, -0.1) is 11.3 Å². The maximum absolute atomic E-state index is 4.67. The van der Waals surface area contributed by atoms with Crippen LogP contribution in [-0.4, -0.2) is 22.0 Å². The average Bonchev–Trinajstić information content (AvgIpc) is 2.88. The Kier molecular flexibility index (Phi) is 3.71. The van der Waals surface area contributed by atoms with Gasteiger partial charge in [0.25, 0.3) is 0 Å². The van der Waals surface area contributed by atoms with E-state index in [0.717, 1.165) is 28.3 Å². The van der Waals surface area contributed by atoms with Gasteiger partial charge in [0.15, 0.2) is 0 Å². The van der Waals surface area contributed by atoms with E-state index in [1.54, 1.807) is 17.5 Å².